The van der Waals surface area contributed by atoms with Gasteiger partial charge < -0.3 is 4.42 Å². The van der Waals surface area contributed by atoms with Gasteiger partial charge in [0.05, 0.1) is 0 Å². The van der Waals surface area contributed by atoms with Crippen LogP contribution in [0.4, 0.5) is 0 Å². The summed E-state index contributed by atoms with van der Waals surface area (Å²) in [6.45, 7) is 0. The lowest BCUT2D eigenvalue weighted by molar-refractivity contribution is 0.466. The Bertz CT molecular complexity index is 881. The third-order valence-corrected chi connectivity index (χ3v) is 4.70. The lowest BCUT2D eigenvalue weighted by Gasteiger charge is -2.00. The number of rotatable bonds is 5. The zero-order valence-electron chi connectivity index (χ0n) is 13.5. The molecule has 2 aromatic carbocycles. The van der Waals surface area contributed by atoms with Crippen molar-refractivity contribution in [3.63, 3.8) is 0 Å². The summed E-state index contributed by atoms with van der Waals surface area (Å²) < 4.78 is 6.11. The van der Waals surface area contributed by atoms with Crippen LogP contribution in [-0.4, -0.2) is 9.97 Å². The summed E-state index contributed by atoms with van der Waals surface area (Å²) in [6, 6.07) is 24.3. The average Bonchev–Trinajstić information content (AvgIpc) is 3.13. The molecule has 0 amide bonds. The maximum atomic E-state index is 6.11. The molecule has 0 spiro atoms. The summed E-state index contributed by atoms with van der Waals surface area (Å²) in [7, 11) is 0. The van der Waals surface area contributed by atoms with Crippen molar-refractivity contribution in [1.82, 2.24) is 9.97 Å². The minimum Gasteiger partial charge on any atom is -0.431 e. The van der Waals surface area contributed by atoms with Crippen LogP contribution >= 0.6 is 11.8 Å². The Morgan fingerprint density at radius 2 is 1.40 bits per heavy atom. The van der Waals surface area contributed by atoms with Gasteiger partial charge in [0.25, 0.3) is 5.22 Å². The minimum atomic E-state index is 0.675. The van der Waals surface area contributed by atoms with Crippen LogP contribution in [0.5, 0.6) is 0 Å². The number of nitrogens with zero attached hydrogens (tertiary/aromatic N) is 2. The smallest absolute Gasteiger partial charge is 0.257 e. The van der Waals surface area contributed by atoms with Crippen molar-refractivity contribution in [3.05, 3.63) is 90.8 Å². The highest BCUT2D eigenvalue weighted by Gasteiger charge is 2.17. The van der Waals surface area contributed by atoms with Gasteiger partial charge in [-0.15, -0.1) is 0 Å². The number of aromatic nitrogens is 2. The van der Waals surface area contributed by atoms with Gasteiger partial charge in [-0.1, -0.05) is 72.4 Å². The molecule has 0 radical (unpaired) electrons. The van der Waals surface area contributed by atoms with Gasteiger partial charge in [0.2, 0.25) is 0 Å². The summed E-state index contributed by atoms with van der Waals surface area (Å²) in [4.78, 5) is 8.80. The zero-order valence-corrected chi connectivity index (χ0v) is 14.3. The fourth-order valence-electron chi connectivity index (χ4n) is 2.56. The topological polar surface area (TPSA) is 38.9 Å². The van der Waals surface area contributed by atoms with Crippen LogP contribution in [0.2, 0.25) is 0 Å². The quantitative estimate of drug-likeness (QED) is 0.436. The molecule has 0 saturated heterocycles. The highest BCUT2D eigenvalue weighted by atomic mass is 32.2. The Balaban J connectivity index is 1.68. The third-order valence-electron chi connectivity index (χ3n) is 3.80. The Labute approximate surface area is 150 Å². The number of pyridine rings is 1. The van der Waals surface area contributed by atoms with E-state index in [1.165, 1.54) is 5.56 Å². The van der Waals surface area contributed by atoms with Crippen LogP contribution in [0.15, 0.2) is 94.8 Å². The Morgan fingerprint density at radius 1 is 0.760 bits per heavy atom. The first-order valence-electron chi connectivity index (χ1n) is 8.03. The average molecular weight is 344 g/mol. The first-order chi connectivity index (χ1) is 12.4. The normalized spacial score (nSPS) is 10.7. The third kappa shape index (κ3) is 3.64. The summed E-state index contributed by atoms with van der Waals surface area (Å²) in [6.07, 6.45) is 3.60. The fourth-order valence-corrected chi connectivity index (χ4v) is 3.34. The molecule has 4 rings (SSSR count). The van der Waals surface area contributed by atoms with Crippen molar-refractivity contribution in [2.24, 2.45) is 0 Å². The predicted molar refractivity (Wildman–Crippen MR) is 101 cm³/mol. The summed E-state index contributed by atoms with van der Waals surface area (Å²) in [5.41, 5.74) is 4.16. The minimum absolute atomic E-state index is 0.675. The van der Waals surface area contributed by atoms with Crippen molar-refractivity contribution in [2.75, 3.05) is 0 Å². The van der Waals surface area contributed by atoms with Crippen LogP contribution in [-0.2, 0) is 5.75 Å². The summed E-state index contributed by atoms with van der Waals surface area (Å²) >= 11 is 1.59. The molecule has 0 unspecified atom stereocenters. The number of hydrogen-bond donors (Lipinski definition) is 0. The maximum absolute atomic E-state index is 6.11. The van der Waals surface area contributed by atoms with E-state index < -0.39 is 0 Å². The van der Waals surface area contributed by atoms with Crippen LogP contribution < -0.4 is 0 Å². The lowest BCUT2D eigenvalue weighted by Crippen LogP contribution is -1.82. The van der Waals surface area contributed by atoms with Gasteiger partial charge in [-0.3, -0.25) is 4.98 Å². The highest BCUT2D eigenvalue weighted by Crippen LogP contribution is 2.36. The molecule has 0 N–H and O–H groups in total. The van der Waals surface area contributed by atoms with Crippen LogP contribution in [0, 0.1) is 0 Å². The van der Waals surface area contributed by atoms with E-state index in [9.17, 15) is 0 Å². The van der Waals surface area contributed by atoms with Crippen molar-refractivity contribution in [3.8, 4) is 22.6 Å². The Hall–Kier alpha value is -2.85. The number of thioether (sulfide) groups is 1. The molecule has 0 aliphatic heterocycles. The van der Waals surface area contributed by atoms with Crippen LogP contribution in [0.3, 0.4) is 0 Å². The van der Waals surface area contributed by atoms with Gasteiger partial charge in [-0.05, 0) is 17.7 Å². The van der Waals surface area contributed by atoms with E-state index in [0.29, 0.717) is 5.22 Å². The molecule has 0 saturated carbocycles. The number of benzene rings is 2. The van der Waals surface area contributed by atoms with E-state index in [4.69, 9.17) is 9.40 Å². The monoisotopic (exact) mass is 344 g/mol. The molecular formula is C21H16N2OS. The van der Waals surface area contributed by atoms with E-state index in [0.717, 1.165) is 28.3 Å². The predicted octanol–water partition coefficient (Wildman–Crippen LogP) is 5.70. The van der Waals surface area contributed by atoms with Crippen molar-refractivity contribution in [2.45, 2.75) is 11.0 Å². The highest BCUT2D eigenvalue weighted by molar-refractivity contribution is 7.98. The molecular weight excluding hydrogens is 328 g/mol. The van der Waals surface area contributed by atoms with Crippen molar-refractivity contribution >= 4 is 11.8 Å². The molecule has 0 bridgehead atoms. The zero-order chi connectivity index (χ0) is 16.9. The van der Waals surface area contributed by atoms with Crippen LogP contribution in [0.1, 0.15) is 5.56 Å². The molecule has 2 aromatic heterocycles. The van der Waals surface area contributed by atoms with E-state index in [1.807, 2.05) is 60.7 Å². The molecule has 122 valence electrons. The lowest BCUT2D eigenvalue weighted by atomic mass is 10.1. The largest absolute Gasteiger partial charge is 0.431 e. The molecule has 4 heteroatoms. The second kappa shape index (κ2) is 7.36. The molecule has 3 nitrogen and oxygen atoms in total. The Morgan fingerprint density at radius 3 is 2.08 bits per heavy atom. The standard InChI is InChI=1S/C21H16N2OS/c1-3-7-17(8-4-1)19-20(18-9-5-2-6-10-18)24-21(23-19)25-15-16-11-13-22-14-12-16/h1-14H,15H2. The first-order valence-corrected chi connectivity index (χ1v) is 9.02. The first kappa shape index (κ1) is 15.7. The SMILES string of the molecule is c1ccc(-c2nc(SCc3ccncc3)oc2-c2ccccc2)cc1. The van der Waals surface area contributed by atoms with Gasteiger partial charge in [0.15, 0.2) is 5.76 Å². The molecule has 2 heterocycles. The maximum Gasteiger partial charge on any atom is 0.257 e. The van der Waals surface area contributed by atoms with E-state index >= 15 is 0 Å². The van der Waals surface area contributed by atoms with E-state index in [2.05, 4.69) is 17.1 Å². The molecule has 0 atom stereocenters. The van der Waals surface area contributed by atoms with Crippen molar-refractivity contribution < 1.29 is 4.42 Å². The van der Waals surface area contributed by atoms with Gasteiger partial charge >= 0.3 is 0 Å². The molecule has 4 aromatic rings. The van der Waals surface area contributed by atoms with Gasteiger partial charge in [0.1, 0.15) is 5.69 Å². The van der Waals surface area contributed by atoms with E-state index in [-0.39, 0.29) is 0 Å². The van der Waals surface area contributed by atoms with Gasteiger partial charge in [0, 0.05) is 29.3 Å². The van der Waals surface area contributed by atoms with Gasteiger partial charge in [-0.25, -0.2) is 4.98 Å². The summed E-state index contributed by atoms with van der Waals surface area (Å²) in [5, 5.41) is 0.675. The number of oxazole rings is 1. The second-order valence-electron chi connectivity index (χ2n) is 5.53. The van der Waals surface area contributed by atoms with Crippen molar-refractivity contribution in [1.29, 1.82) is 0 Å². The van der Waals surface area contributed by atoms with Gasteiger partial charge in [-0.2, -0.15) is 0 Å². The Kier molecular flexibility index (Phi) is 4.61. The molecule has 0 aliphatic rings. The molecule has 0 fully saturated rings. The van der Waals surface area contributed by atoms with Crippen LogP contribution in [0.25, 0.3) is 22.6 Å². The molecule has 0 aliphatic carbocycles. The second-order valence-corrected chi connectivity index (χ2v) is 6.46. The summed E-state index contributed by atoms with van der Waals surface area (Å²) in [5.74, 6) is 1.61. The van der Waals surface area contributed by atoms with E-state index in [1.54, 1.807) is 24.2 Å². The fraction of sp³-hybridized carbons (Fsp3) is 0.0476. The number of hydrogen-bond acceptors (Lipinski definition) is 4. The molecule has 25 heavy (non-hydrogen) atoms.